The normalized spacial score (nSPS) is 12.5. The molecule has 0 amide bonds. The van der Waals surface area contributed by atoms with Gasteiger partial charge in [-0.1, -0.05) is 27.5 Å². The van der Waals surface area contributed by atoms with Crippen molar-refractivity contribution in [3.8, 4) is 0 Å². The SMILES string of the molecule is OC(c1ccncc1F)c1cc(Cl)ccc1Br. The topological polar surface area (TPSA) is 33.1 Å². The molecule has 1 aromatic heterocycles. The Bertz CT molecular complexity index is 550. The summed E-state index contributed by atoms with van der Waals surface area (Å²) < 4.78 is 14.2. The third-order valence-electron chi connectivity index (χ3n) is 2.35. The van der Waals surface area contributed by atoms with Crippen LogP contribution in [0.2, 0.25) is 5.02 Å². The number of aliphatic hydroxyl groups excluding tert-OH is 1. The number of rotatable bonds is 2. The van der Waals surface area contributed by atoms with Crippen LogP contribution in [-0.2, 0) is 0 Å². The van der Waals surface area contributed by atoms with Gasteiger partial charge in [-0.2, -0.15) is 0 Å². The Hall–Kier alpha value is -0.970. The summed E-state index contributed by atoms with van der Waals surface area (Å²) in [7, 11) is 0. The number of aromatic nitrogens is 1. The lowest BCUT2D eigenvalue weighted by atomic mass is 10.0. The van der Waals surface area contributed by atoms with Crippen LogP contribution in [0.3, 0.4) is 0 Å². The first-order chi connectivity index (χ1) is 8.09. The highest BCUT2D eigenvalue weighted by molar-refractivity contribution is 9.10. The van der Waals surface area contributed by atoms with Crippen LogP contribution in [0, 0.1) is 5.82 Å². The van der Waals surface area contributed by atoms with E-state index < -0.39 is 11.9 Å². The number of pyridine rings is 1. The minimum atomic E-state index is -1.08. The zero-order valence-corrected chi connectivity index (χ0v) is 10.9. The van der Waals surface area contributed by atoms with E-state index in [4.69, 9.17) is 11.6 Å². The molecule has 1 aromatic carbocycles. The molecule has 0 bridgehead atoms. The Morgan fingerprint density at radius 3 is 2.76 bits per heavy atom. The fourth-order valence-corrected chi connectivity index (χ4v) is 2.14. The van der Waals surface area contributed by atoms with Gasteiger partial charge in [-0.25, -0.2) is 4.39 Å². The Morgan fingerprint density at radius 1 is 1.29 bits per heavy atom. The lowest BCUT2D eigenvalue weighted by Gasteiger charge is -2.14. The maximum atomic E-state index is 13.5. The Morgan fingerprint density at radius 2 is 2.06 bits per heavy atom. The number of aliphatic hydroxyl groups is 1. The molecule has 1 N–H and O–H groups in total. The molecular weight excluding hydrogens is 308 g/mol. The average molecular weight is 317 g/mol. The molecule has 0 aliphatic rings. The molecule has 0 aliphatic carbocycles. The maximum Gasteiger partial charge on any atom is 0.147 e. The second kappa shape index (κ2) is 5.12. The Labute approximate surface area is 111 Å². The second-order valence-corrected chi connectivity index (χ2v) is 4.76. The van der Waals surface area contributed by atoms with Crippen LogP contribution >= 0.6 is 27.5 Å². The summed E-state index contributed by atoms with van der Waals surface area (Å²) in [6.07, 6.45) is 1.42. The van der Waals surface area contributed by atoms with Gasteiger partial charge in [-0.05, 0) is 24.3 Å². The molecule has 5 heteroatoms. The van der Waals surface area contributed by atoms with Gasteiger partial charge in [0.15, 0.2) is 0 Å². The second-order valence-electron chi connectivity index (χ2n) is 3.47. The van der Waals surface area contributed by atoms with Gasteiger partial charge in [-0.15, -0.1) is 0 Å². The quantitative estimate of drug-likeness (QED) is 0.916. The molecule has 2 aromatic rings. The van der Waals surface area contributed by atoms with Gasteiger partial charge in [0.2, 0.25) is 0 Å². The minimum absolute atomic E-state index is 0.169. The number of hydrogen-bond acceptors (Lipinski definition) is 2. The van der Waals surface area contributed by atoms with Gasteiger partial charge >= 0.3 is 0 Å². The summed E-state index contributed by atoms with van der Waals surface area (Å²) in [6.45, 7) is 0. The molecule has 1 heterocycles. The van der Waals surface area contributed by atoms with Gasteiger partial charge < -0.3 is 5.11 Å². The molecule has 2 nitrogen and oxygen atoms in total. The fourth-order valence-electron chi connectivity index (χ4n) is 1.50. The van der Waals surface area contributed by atoms with Crippen LogP contribution in [0.4, 0.5) is 4.39 Å². The maximum absolute atomic E-state index is 13.5. The van der Waals surface area contributed by atoms with Crippen molar-refractivity contribution in [2.45, 2.75) is 6.10 Å². The summed E-state index contributed by atoms with van der Waals surface area (Å²) in [5, 5.41) is 10.6. The first-order valence-corrected chi connectivity index (χ1v) is 5.99. The molecule has 0 aliphatic heterocycles. The predicted molar refractivity (Wildman–Crippen MR) is 67.4 cm³/mol. The number of benzene rings is 1. The highest BCUT2D eigenvalue weighted by Crippen LogP contribution is 2.31. The van der Waals surface area contributed by atoms with Crippen LogP contribution in [0.15, 0.2) is 41.1 Å². The first kappa shape index (κ1) is 12.5. The zero-order chi connectivity index (χ0) is 12.4. The highest BCUT2D eigenvalue weighted by Gasteiger charge is 2.17. The predicted octanol–water partition coefficient (Wildman–Crippen LogP) is 3.72. The molecule has 0 radical (unpaired) electrons. The number of hydrogen-bond donors (Lipinski definition) is 1. The van der Waals surface area contributed by atoms with Crippen LogP contribution in [0.5, 0.6) is 0 Å². The van der Waals surface area contributed by atoms with E-state index in [1.54, 1.807) is 18.2 Å². The smallest absolute Gasteiger partial charge is 0.147 e. The summed E-state index contributed by atoms with van der Waals surface area (Å²) in [5.74, 6) is -0.549. The van der Waals surface area contributed by atoms with Gasteiger partial charge in [0.1, 0.15) is 11.9 Å². The molecule has 88 valence electrons. The van der Waals surface area contributed by atoms with Crippen molar-refractivity contribution in [2.75, 3.05) is 0 Å². The number of nitrogens with zero attached hydrogens (tertiary/aromatic N) is 1. The van der Waals surface area contributed by atoms with Gasteiger partial charge in [0.05, 0.1) is 6.20 Å². The van der Waals surface area contributed by atoms with Crippen molar-refractivity contribution in [3.05, 3.63) is 63.1 Å². The third-order valence-corrected chi connectivity index (χ3v) is 3.31. The van der Waals surface area contributed by atoms with E-state index in [1.807, 2.05) is 0 Å². The van der Waals surface area contributed by atoms with Gasteiger partial charge in [-0.3, -0.25) is 4.98 Å². The molecule has 0 saturated carbocycles. The van der Waals surface area contributed by atoms with Gasteiger partial charge in [0, 0.05) is 26.8 Å². The monoisotopic (exact) mass is 315 g/mol. The van der Waals surface area contributed by atoms with E-state index in [0.29, 0.717) is 15.1 Å². The Kier molecular flexibility index (Phi) is 3.76. The van der Waals surface area contributed by atoms with Crippen LogP contribution in [0.25, 0.3) is 0 Å². The highest BCUT2D eigenvalue weighted by atomic mass is 79.9. The van der Waals surface area contributed by atoms with Crippen LogP contribution < -0.4 is 0 Å². The minimum Gasteiger partial charge on any atom is -0.384 e. The molecule has 0 fully saturated rings. The van der Waals surface area contributed by atoms with Crippen molar-refractivity contribution < 1.29 is 9.50 Å². The van der Waals surface area contributed by atoms with E-state index in [2.05, 4.69) is 20.9 Å². The van der Waals surface area contributed by atoms with Crippen molar-refractivity contribution in [1.29, 1.82) is 0 Å². The molecule has 2 rings (SSSR count). The summed E-state index contributed by atoms with van der Waals surface area (Å²) >= 11 is 9.15. The lowest BCUT2D eigenvalue weighted by Crippen LogP contribution is -2.03. The van der Waals surface area contributed by atoms with E-state index >= 15 is 0 Å². The van der Waals surface area contributed by atoms with Crippen molar-refractivity contribution >= 4 is 27.5 Å². The zero-order valence-electron chi connectivity index (χ0n) is 8.57. The van der Waals surface area contributed by atoms with Crippen molar-refractivity contribution in [1.82, 2.24) is 4.98 Å². The third kappa shape index (κ3) is 2.65. The molecule has 1 unspecified atom stereocenters. The summed E-state index contributed by atoms with van der Waals surface area (Å²) in [5.41, 5.74) is 0.686. The van der Waals surface area contributed by atoms with Crippen molar-refractivity contribution in [2.24, 2.45) is 0 Å². The van der Waals surface area contributed by atoms with E-state index in [9.17, 15) is 9.50 Å². The lowest BCUT2D eigenvalue weighted by molar-refractivity contribution is 0.214. The van der Waals surface area contributed by atoms with E-state index in [0.717, 1.165) is 6.20 Å². The summed E-state index contributed by atoms with van der Waals surface area (Å²) in [4.78, 5) is 3.64. The number of halogens is 3. The average Bonchev–Trinajstić information content (AvgIpc) is 2.32. The van der Waals surface area contributed by atoms with Crippen LogP contribution in [0.1, 0.15) is 17.2 Å². The summed E-state index contributed by atoms with van der Waals surface area (Å²) in [6, 6.07) is 6.42. The van der Waals surface area contributed by atoms with Crippen LogP contribution in [-0.4, -0.2) is 10.1 Å². The van der Waals surface area contributed by atoms with E-state index in [1.165, 1.54) is 12.3 Å². The largest absolute Gasteiger partial charge is 0.384 e. The molecule has 0 spiro atoms. The molecule has 1 atom stereocenters. The van der Waals surface area contributed by atoms with E-state index in [-0.39, 0.29) is 5.56 Å². The molecule has 17 heavy (non-hydrogen) atoms. The van der Waals surface area contributed by atoms with Crippen molar-refractivity contribution in [3.63, 3.8) is 0 Å². The Balaban J connectivity index is 2.47. The molecular formula is C12H8BrClFNO. The first-order valence-electron chi connectivity index (χ1n) is 4.82. The fraction of sp³-hybridized carbons (Fsp3) is 0.0833. The standard InChI is InChI=1S/C12H8BrClFNO/c13-10-2-1-7(14)5-9(10)12(17)8-3-4-16-6-11(8)15/h1-6,12,17H. The molecule has 0 saturated heterocycles. The van der Waals surface area contributed by atoms with Gasteiger partial charge in [0.25, 0.3) is 0 Å².